The van der Waals surface area contributed by atoms with Gasteiger partial charge in [0.25, 0.3) is 11.8 Å². The summed E-state index contributed by atoms with van der Waals surface area (Å²) < 4.78 is 10.8. The van der Waals surface area contributed by atoms with Gasteiger partial charge in [-0.25, -0.2) is 0 Å². The van der Waals surface area contributed by atoms with Crippen molar-refractivity contribution in [1.82, 2.24) is 4.90 Å². The van der Waals surface area contributed by atoms with E-state index in [4.69, 9.17) is 9.47 Å². The number of imide groups is 1. The first kappa shape index (κ1) is 21.8. The number of nitrogens with one attached hydrogen (secondary N) is 1. The number of ether oxygens (including phenoxy) is 2. The molecule has 5 rings (SSSR count). The molecule has 0 saturated carbocycles. The topological polar surface area (TPSA) is 67.9 Å². The first-order valence-electron chi connectivity index (χ1n) is 11.2. The monoisotopic (exact) mass is 454 g/mol. The van der Waals surface area contributed by atoms with E-state index in [9.17, 15) is 9.59 Å². The zero-order chi connectivity index (χ0) is 24.0. The predicted molar refractivity (Wildman–Crippen MR) is 130 cm³/mol. The third-order valence-corrected chi connectivity index (χ3v) is 6.52. The molecule has 0 saturated heterocycles. The van der Waals surface area contributed by atoms with E-state index >= 15 is 0 Å². The highest BCUT2D eigenvalue weighted by Gasteiger charge is 2.39. The minimum atomic E-state index is -0.353. The molecule has 0 aliphatic carbocycles. The van der Waals surface area contributed by atoms with Crippen LogP contribution in [-0.4, -0.2) is 23.5 Å². The van der Waals surface area contributed by atoms with E-state index in [-0.39, 0.29) is 30.8 Å². The fourth-order valence-corrected chi connectivity index (χ4v) is 4.19. The first-order valence-corrected chi connectivity index (χ1v) is 11.2. The quantitative estimate of drug-likeness (QED) is 0.547. The number of rotatable bonds is 5. The summed E-state index contributed by atoms with van der Waals surface area (Å²) in [4.78, 5) is 28.5. The van der Waals surface area contributed by atoms with Crippen molar-refractivity contribution in [2.24, 2.45) is 0 Å². The van der Waals surface area contributed by atoms with E-state index in [2.05, 4.69) is 5.32 Å². The molecular weight excluding hydrogens is 428 g/mol. The van der Waals surface area contributed by atoms with Crippen LogP contribution < -0.4 is 14.8 Å². The number of amides is 2. The van der Waals surface area contributed by atoms with Crippen molar-refractivity contribution in [3.63, 3.8) is 0 Å². The third-order valence-electron chi connectivity index (χ3n) is 6.52. The van der Waals surface area contributed by atoms with Crippen LogP contribution in [0.25, 0.3) is 5.57 Å². The van der Waals surface area contributed by atoms with E-state index in [1.165, 1.54) is 4.90 Å². The van der Waals surface area contributed by atoms with Gasteiger partial charge in [-0.1, -0.05) is 30.3 Å². The Labute approximate surface area is 198 Å². The van der Waals surface area contributed by atoms with Crippen molar-refractivity contribution in [2.75, 3.05) is 12.1 Å². The minimum absolute atomic E-state index is 0.140. The minimum Gasteiger partial charge on any atom is -0.454 e. The molecule has 0 atom stereocenters. The van der Waals surface area contributed by atoms with Crippen molar-refractivity contribution in [1.29, 1.82) is 0 Å². The maximum absolute atomic E-state index is 13.6. The summed E-state index contributed by atoms with van der Waals surface area (Å²) in [5, 5.41) is 3.25. The Hall–Kier alpha value is -4.06. The van der Waals surface area contributed by atoms with Gasteiger partial charge in [0, 0.05) is 5.69 Å². The summed E-state index contributed by atoms with van der Waals surface area (Å²) in [5.74, 6) is 0.604. The molecule has 34 heavy (non-hydrogen) atoms. The van der Waals surface area contributed by atoms with Gasteiger partial charge in [-0.3, -0.25) is 14.5 Å². The highest BCUT2D eigenvalue weighted by atomic mass is 16.7. The lowest BCUT2D eigenvalue weighted by molar-refractivity contribution is -0.137. The second kappa shape index (κ2) is 8.37. The van der Waals surface area contributed by atoms with E-state index in [0.29, 0.717) is 17.1 Å². The van der Waals surface area contributed by atoms with E-state index < -0.39 is 0 Å². The highest BCUT2D eigenvalue weighted by Crippen LogP contribution is 2.35. The Morgan fingerprint density at radius 2 is 1.47 bits per heavy atom. The number of carbonyl (C=O) groups excluding carboxylic acids is 2. The number of anilines is 1. The summed E-state index contributed by atoms with van der Waals surface area (Å²) >= 11 is 0. The Morgan fingerprint density at radius 1 is 0.765 bits per heavy atom. The number of carbonyl (C=O) groups is 2. The Morgan fingerprint density at radius 3 is 2.21 bits per heavy atom. The standard InChI is InChI=1S/C28H26N2O4/c1-16-5-8-21(11-18(16)3)25-26(29-22-9-6-17(2)19(4)12-22)28(32)30(27(25)31)14-20-7-10-23-24(13-20)34-15-33-23/h5-13,29H,14-15H2,1-4H3. The van der Waals surface area contributed by atoms with Crippen LogP contribution in [0.3, 0.4) is 0 Å². The van der Waals surface area contributed by atoms with Gasteiger partial charge in [-0.05, 0) is 85.3 Å². The van der Waals surface area contributed by atoms with Crippen LogP contribution in [0.4, 0.5) is 5.69 Å². The number of aryl methyl sites for hydroxylation is 4. The lowest BCUT2D eigenvalue weighted by atomic mass is 9.99. The Bertz CT molecular complexity index is 1370. The smallest absolute Gasteiger partial charge is 0.278 e. The average Bonchev–Trinajstić information content (AvgIpc) is 3.36. The molecule has 0 radical (unpaired) electrons. The van der Waals surface area contributed by atoms with Crippen LogP contribution in [0.2, 0.25) is 0 Å². The van der Waals surface area contributed by atoms with Crippen LogP contribution in [0, 0.1) is 27.7 Å². The van der Waals surface area contributed by atoms with Gasteiger partial charge in [0.1, 0.15) is 5.70 Å². The molecule has 0 spiro atoms. The van der Waals surface area contributed by atoms with Crippen molar-refractivity contribution in [2.45, 2.75) is 34.2 Å². The summed E-state index contributed by atoms with van der Waals surface area (Å²) in [5.41, 5.74) is 7.40. The normalized spacial score (nSPS) is 14.9. The second-order valence-corrected chi connectivity index (χ2v) is 8.86. The van der Waals surface area contributed by atoms with Gasteiger partial charge in [0.15, 0.2) is 11.5 Å². The number of hydrogen-bond donors (Lipinski definition) is 1. The molecule has 3 aromatic rings. The zero-order valence-corrected chi connectivity index (χ0v) is 19.7. The molecule has 3 aromatic carbocycles. The van der Waals surface area contributed by atoms with Crippen LogP contribution in [-0.2, 0) is 16.1 Å². The lowest BCUT2D eigenvalue weighted by Crippen LogP contribution is -2.32. The van der Waals surface area contributed by atoms with Crippen molar-refractivity contribution in [3.05, 3.63) is 93.7 Å². The van der Waals surface area contributed by atoms with E-state index in [1.807, 2.05) is 76.2 Å². The fraction of sp³-hybridized carbons (Fsp3) is 0.214. The Balaban J connectivity index is 1.53. The summed E-state index contributed by atoms with van der Waals surface area (Å²) in [6.07, 6.45) is 0. The average molecular weight is 455 g/mol. The summed E-state index contributed by atoms with van der Waals surface area (Å²) in [6, 6.07) is 17.2. The molecular formula is C28H26N2O4. The predicted octanol–water partition coefficient (Wildman–Crippen LogP) is 5.04. The molecule has 1 N–H and O–H groups in total. The van der Waals surface area contributed by atoms with Gasteiger partial charge in [0.05, 0.1) is 12.1 Å². The molecule has 6 heteroatoms. The van der Waals surface area contributed by atoms with Crippen LogP contribution in [0.1, 0.15) is 33.4 Å². The van der Waals surface area contributed by atoms with Gasteiger partial charge in [-0.15, -0.1) is 0 Å². The van der Waals surface area contributed by atoms with E-state index in [1.54, 1.807) is 6.07 Å². The summed E-state index contributed by atoms with van der Waals surface area (Å²) in [6.45, 7) is 8.39. The fourth-order valence-electron chi connectivity index (χ4n) is 4.19. The van der Waals surface area contributed by atoms with Gasteiger partial charge >= 0.3 is 0 Å². The number of fused-ring (bicyclic) bond motifs is 1. The SMILES string of the molecule is Cc1ccc(NC2=C(c3ccc(C)c(C)c3)C(=O)N(Cc3ccc4c(c3)OCO4)C2=O)cc1C. The van der Waals surface area contributed by atoms with Crippen molar-refractivity contribution in [3.8, 4) is 11.5 Å². The molecule has 2 heterocycles. The van der Waals surface area contributed by atoms with Crippen molar-refractivity contribution < 1.29 is 19.1 Å². The highest BCUT2D eigenvalue weighted by molar-refractivity contribution is 6.36. The largest absolute Gasteiger partial charge is 0.454 e. The molecule has 0 fully saturated rings. The Kier molecular flexibility index (Phi) is 5.36. The molecule has 2 aliphatic rings. The maximum atomic E-state index is 13.6. The van der Waals surface area contributed by atoms with Gasteiger partial charge < -0.3 is 14.8 Å². The molecule has 2 amide bonds. The van der Waals surface area contributed by atoms with Crippen LogP contribution in [0.5, 0.6) is 11.5 Å². The summed E-state index contributed by atoms with van der Waals surface area (Å²) in [7, 11) is 0. The number of nitrogens with zero attached hydrogens (tertiary/aromatic N) is 1. The van der Waals surface area contributed by atoms with Crippen LogP contribution >= 0.6 is 0 Å². The number of hydrogen-bond acceptors (Lipinski definition) is 5. The molecule has 0 unspecified atom stereocenters. The van der Waals surface area contributed by atoms with Crippen molar-refractivity contribution >= 4 is 23.1 Å². The molecule has 172 valence electrons. The van der Waals surface area contributed by atoms with Gasteiger partial charge in [-0.2, -0.15) is 0 Å². The van der Waals surface area contributed by atoms with Gasteiger partial charge in [0.2, 0.25) is 6.79 Å². The molecule has 0 bridgehead atoms. The zero-order valence-electron chi connectivity index (χ0n) is 19.7. The van der Waals surface area contributed by atoms with E-state index in [0.717, 1.165) is 39.1 Å². The maximum Gasteiger partial charge on any atom is 0.278 e. The molecule has 2 aliphatic heterocycles. The first-order chi connectivity index (χ1) is 16.3. The second-order valence-electron chi connectivity index (χ2n) is 8.86. The molecule has 0 aromatic heterocycles. The lowest BCUT2D eigenvalue weighted by Gasteiger charge is -2.16. The third kappa shape index (κ3) is 3.81. The van der Waals surface area contributed by atoms with Crippen LogP contribution in [0.15, 0.2) is 60.3 Å². The number of benzene rings is 3. The molecule has 6 nitrogen and oxygen atoms in total.